The Balaban J connectivity index is 3.34. The number of ketones is 1. The average molecular weight is 383 g/mol. The lowest BCUT2D eigenvalue weighted by Crippen LogP contribution is -2.54. The third kappa shape index (κ3) is 17.4. The molecule has 0 aromatic heterocycles. The smallest absolute Gasteiger partial charge is 0.136 e. The minimum Gasteiger partial charge on any atom is -0.313 e. The molecule has 0 amide bonds. The summed E-state index contributed by atoms with van der Waals surface area (Å²) >= 11 is 0. The van der Waals surface area contributed by atoms with Crippen LogP contribution >= 0.6 is 0 Å². The van der Waals surface area contributed by atoms with Crippen molar-refractivity contribution in [1.29, 1.82) is 0 Å². The SMILES string of the molecule is CCCCCCCCCCCCCCCCCC(=O)CC(N)(CC)NCC. The van der Waals surface area contributed by atoms with Crippen molar-refractivity contribution in [3.05, 3.63) is 0 Å². The lowest BCUT2D eigenvalue weighted by Gasteiger charge is -2.28. The highest BCUT2D eigenvalue weighted by Gasteiger charge is 2.24. The van der Waals surface area contributed by atoms with Gasteiger partial charge in [0.2, 0.25) is 0 Å². The molecule has 0 rings (SSSR count). The van der Waals surface area contributed by atoms with Gasteiger partial charge < -0.3 is 5.73 Å². The van der Waals surface area contributed by atoms with Crippen molar-refractivity contribution >= 4 is 5.78 Å². The van der Waals surface area contributed by atoms with Crippen LogP contribution in [0.15, 0.2) is 0 Å². The summed E-state index contributed by atoms with van der Waals surface area (Å²) in [5, 5.41) is 3.25. The van der Waals surface area contributed by atoms with Crippen LogP contribution in [0.4, 0.5) is 0 Å². The number of unbranched alkanes of at least 4 members (excludes halogenated alkanes) is 14. The fraction of sp³-hybridized carbons (Fsp3) is 0.958. The first kappa shape index (κ1) is 26.6. The molecule has 0 fully saturated rings. The summed E-state index contributed by atoms with van der Waals surface area (Å²) in [6.45, 7) is 7.18. The van der Waals surface area contributed by atoms with Crippen molar-refractivity contribution in [2.75, 3.05) is 6.54 Å². The molecule has 0 aliphatic carbocycles. The Hall–Kier alpha value is -0.410. The first-order valence-electron chi connectivity index (χ1n) is 12.1. The lowest BCUT2D eigenvalue weighted by molar-refractivity contribution is -0.120. The van der Waals surface area contributed by atoms with Crippen molar-refractivity contribution in [1.82, 2.24) is 5.32 Å². The molecule has 0 aromatic rings. The van der Waals surface area contributed by atoms with Crippen LogP contribution in [-0.4, -0.2) is 18.0 Å². The molecule has 3 heteroatoms. The number of hydrogen-bond donors (Lipinski definition) is 2. The number of Topliss-reactive ketones (excluding diaryl/α,β-unsaturated/α-hetero) is 1. The van der Waals surface area contributed by atoms with E-state index in [-0.39, 0.29) is 0 Å². The normalized spacial score (nSPS) is 13.6. The molecule has 0 saturated carbocycles. The van der Waals surface area contributed by atoms with Gasteiger partial charge in [-0.25, -0.2) is 0 Å². The second-order valence-corrected chi connectivity index (χ2v) is 8.46. The highest BCUT2D eigenvalue weighted by Crippen LogP contribution is 2.15. The zero-order valence-corrected chi connectivity index (χ0v) is 18.9. The topological polar surface area (TPSA) is 55.1 Å². The lowest BCUT2D eigenvalue weighted by atomic mass is 9.97. The standard InChI is InChI=1S/C24H50N2O/c1-4-7-8-9-10-11-12-13-14-15-16-17-18-19-20-21-23(27)22-24(25,5-2)26-6-3/h26H,4-22,25H2,1-3H3. The van der Waals surface area contributed by atoms with E-state index in [1.165, 1.54) is 89.9 Å². The van der Waals surface area contributed by atoms with Crippen LogP contribution in [0.2, 0.25) is 0 Å². The summed E-state index contributed by atoms with van der Waals surface area (Å²) in [7, 11) is 0. The third-order valence-corrected chi connectivity index (χ3v) is 5.73. The predicted octanol–water partition coefficient (Wildman–Crippen LogP) is 6.88. The molecule has 0 heterocycles. The van der Waals surface area contributed by atoms with Gasteiger partial charge in [-0.3, -0.25) is 10.1 Å². The van der Waals surface area contributed by atoms with Crippen LogP contribution in [0.3, 0.4) is 0 Å². The van der Waals surface area contributed by atoms with Gasteiger partial charge in [0.1, 0.15) is 5.78 Å². The maximum atomic E-state index is 12.1. The fourth-order valence-corrected chi connectivity index (χ4v) is 3.80. The number of hydrogen-bond acceptors (Lipinski definition) is 3. The highest BCUT2D eigenvalue weighted by atomic mass is 16.1. The third-order valence-electron chi connectivity index (χ3n) is 5.73. The molecule has 3 N–H and O–H groups in total. The van der Waals surface area contributed by atoms with E-state index in [0.29, 0.717) is 18.6 Å². The van der Waals surface area contributed by atoms with Crippen LogP contribution in [0.5, 0.6) is 0 Å². The van der Waals surface area contributed by atoms with Crippen molar-refractivity contribution in [3.63, 3.8) is 0 Å². The number of carbonyl (C=O) groups excluding carboxylic acids is 1. The molecule has 0 aliphatic rings. The van der Waals surface area contributed by atoms with Gasteiger partial charge >= 0.3 is 0 Å². The summed E-state index contributed by atoms with van der Waals surface area (Å²) in [5.74, 6) is 0.315. The van der Waals surface area contributed by atoms with Gasteiger partial charge in [-0.15, -0.1) is 0 Å². The van der Waals surface area contributed by atoms with Gasteiger partial charge in [0.15, 0.2) is 0 Å². The Kier molecular flexibility index (Phi) is 18.6. The second kappa shape index (κ2) is 18.9. The molecule has 0 spiro atoms. The maximum Gasteiger partial charge on any atom is 0.136 e. The molecule has 0 bridgehead atoms. The van der Waals surface area contributed by atoms with E-state index in [0.717, 1.165) is 19.4 Å². The summed E-state index contributed by atoms with van der Waals surface area (Å²) in [4.78, 5) is 12.1. The second-order valence-electron chi connectivity index (χ2n) is 8.46. The molecule has 1 unspecified atom stereocenters. The molecular formula is C24H50N2O. The van der Waals surface area contributed by atoms with Crippen LogP contribution in [0, 0.1) is 0 Å². The van der Waals surface area contributed by atoms with E-state index in [9.17, 15) is 4.79 Å². The molecule has 162 valence electrons. The van der Waals surface area contributed by atoms with E-state index in [4.69, 9.17) is 5.73 Å². The van der Waals surface area contributed by atoms with Crippen molar-refractivity contribution in [2.45, 2.75) is 142 Å². The Labute approximate surface area is 170 Å². The van der Waals surface area contributed by atoms with Gasteiger partial charge in [0.05, 0.1) is 5.66 Å². The van der Waals surface area contributed by atoms with Gasteiger partial charge in [0, 0.05) is 12.8 Å². The zero-order valence-electron chi connectivity index (χ0n) is 18.9. The Morgan fingerprint density at radius 1 is 0.704 bits per heavy atom. The van der Waals surface area contributed by atoms with E-state index >= 15 is 0 Å². The van der Waals surface area contributed by atoms with Gasteiger partial charge in [-0.1, -0.05) is 111 Å². The van der Waals surface area contributed by atoms with E-state index in [2.05, 4.69) is 12.2 Å². The summed E-state index contributed by atoms with van der Waals surface area (Å²) in [6.07, 6.45) is 22.3. The van der Waals surface area contributed by atoms with E-state index in [1.807, 2.05) is 13.8 Å². The van der Waals surface area contributed by atoms with Crippen LogP contribution in [-0.2, 0) is 4.79 Å². The average Bonchev–Trinajstić information content (AvgIpc) is 2.65. The molecule has 27 heavy (non-hydrogen) atoms. The number of carbonyl (C=O) groups is 1. The quantitative estimate of drug-likeness (QED) is 0.168. The van der Waals surface area contributed by atoms with Gasteiger partial charge in [-0.2, -0.15) is 0 Å². The number of nitrogens with one attached hydrogen (secondary N) is 1. The van der Waals surface area contributed by atoms with Crippen molar-refractivity contribution < 1.29 is 4.79 Å². The van der Waals surface area contributed by atoms with E-state index < -0.39 is 5.66 Å². The van der Waals surface area contributed by atoms with Gasteiger partial charge in [-0.05, 0) is 19.4 Å². The van der Waals surface area contributed by atoms with Gasteiger partial charge in [0.25, 0.3) is 0 Å². The minimum atomic E-state index is -0.499. The summed E-state index contributed by atoms with van der Waals surface area (Å²) < 4.78 is 0. The monoisotopic (exact) mass is 382 g/mol. The van der Waals surface area contributed by atoms with Crippen LogP contribution in [0.25, 0.3) is 0 Å². The summed E-state index contributed by atoms with van der Waals surface area (Å²) in [6, 6.07) is 0. The fourth-order valence-electron chi connectivity index (χ4n) is 3.80. The molecule has 0 radical (unpaired) electrons. The Morgan fingerprint density at radius 3 is 1.48 bits per heavy atom. The number of nitrogens with two attached hydrogens (primary N) is 1. The van der Waals surface area contributed by atoms with Crippen molar-refractivity contribution in [3.8, 4) is 0 Å². The molecule has 0 aliphatic heterocycles. The molecule has 0 saturated heterocycles. The van der Waals surface area contributed by atoms with Crippen molar-refractivity contribution in [2.24, 2.45) is 5.73 Å². The molecule has 1 atom stereocenters. The predicted molar refractivity (Wildman–Crippen MR) is 120 cm³/mol. The first-order chi connectivity index (χ1) is 13.1. The molecular weight excluding hydrogens is 332 g/mol. The molecule has 0 aromatic carbocycles. The summed E-state index contributed by atoms with van der Waals surface area (Å²) in [5.41, 5.74) is 5.73. The Bertz CT molecular complexity index is 332. The largest absolute Gasteiger partial charge is 0.313 e. The zero-order chi connectivity index (χ0) is 20.2. The minimum absolute atomic E-state index is 0.315. The number of rotatable bonds is 21. The van der Waals surface area contributed by atoms with Crippen LogP contribution in [0.1, 0.15) is 136 Å². The molecule has 3 nitrogen and oxygen atoms in total. The van der Waals surface area contributed by atoms with E-state index in [1.54, 1.807) is 0 Å². The highest BCUT2D eigenvalue weighted by molar-refractivity contribution is 5.79. The maximum absolute atomic E-state index is 12.1. The van der Waals surface area contributed by atoms with Crippen LogP contribution < -0.4 is 11.1 Å². The first-order valence-corrected chi connectivity index (χ1v) is 12.1. The Morgan fingerprint density at radius 2 is 1.11 bits per heavy atom.